The van der Waals surface area contributed by atoms with Crippen LogP contribution < -0.4 is 11.1 Å². The Balaban J connectivity index is 1.92. The molecule has 0 aliphatic heterocycles. The van der Waals surface area contributed by atoms with Gasteiger partial charge in [0.1, 0.15) is 5.82 Å². The summed E-state index contributed by atoms with van der Waals surface area (Å²) in [6.45, 7) is 3.84. The van der Waals surface area contributed by atoms with Crippen LogP contribution in [0.3, 0.4) is 0 Å². The van der Waals surface area contributed by atoms with Crippen LogP contribution in [0.15, 0.2) is 42.6 Å². The van der Waals surface area contributed by atoms with E-state index in [4.69, 9.17) is 10.8 Å². The Morgan fingerprint density at radius 3 is 2.59 bits per heavy atom. The Kier molecular flexibility index (Phi) is 3.88. The third-order valence-electron chi connectivity index (χ3n) is 4.50. The number of amides is 2. The van der Waals surface area contributed by atoms with Crippen LogP contribution in [0, 0.1) is 13.8 Å². The van der Waals surface area contributed by atoms with Gasteiger partial charge in [-0.3, -0.25) is 10.00 Å². The van der Waals surface area contributed by atoms with Crippen molar-refractivity contribution in [1.82, 2.24) is 24.5 Å². The molecule has 136 valence electrons. The van der Waals surface area contributed by atoms with Gasteiger partial charge in [-0.1, -0.05) is 18.2 Å². The highest BCUT2D eigenvalue weighted by Gasteiger charge is 2.19. The van der Waals surface area contributed by atoms with Crippen LogP contribution in [0.2, 0.25) is 0 Å². The van der Waals surface area contributed by atoms with Gasteiger partial charge in [-0.05, 0) is 32.0 Å². The zero-order valence-electron chi connectivity index (χ0n) is 15.3. The smallest absolute Gasteiger partial charge is 0.317 e. The number of carbonyl (C=O) groups is 1. The van der Waals surface area contributed by atoms with E-state index in [1.807, 2.05) is 57.3 Å². The second-order valence-electron chi connectivity index (χ2n) is 6.36. The first-order chi connectivity index (χ1) is 13.0. The number of nitrogens with one attached hydrogen (secondary N) is 1. The Morgan fingerprint density at radius 1 is 1.15 bits per heavy atom. The number of carbonyl (C=O) groups excluding carboxylic acids is 1. The van der Waals surface area contributed by atoms with Gasteiger partial charge in [-0.2, -0.15) is 10.2 Å². The molecule has 3 aromatic heterocycles. The molecule has 8 heteroatoms. The number of fused-ring (bicyclic) bond motifs is 1. The van der Waals surface area contributed by atoms with E-state index in [1.165, 1.54) is 0 Å². The number of aromatic nitrogens is 5. The average molecular weight is 361 g/mol. The second-order valence-corrected chi connectivity index (χ2v) is 6.36. The number of nitrogens with zero attached hydrogens (tertiary/aromatic N) is 5. The summed E-state index contributed by atoms with van der Waals surface area (Å²) >= 11 is 0. The zero-order valence-corrected chi connectivity index (χ0v) is 15.3. The van der Waals surface area contributed by atoms with Crippen molar-refractivity contribution >= 4 is 22.9 Å². The van der Waals surface area contributed by atoms with Crippen LogP contribution in [-0.4, -0.2) is 30.6 Å². The molecule has 0 saturated carbocycles. The van der Waals surface area contributed by atoms with Crippen molar-refractivity contribution in [1.29, 1.82) is 0 Å². The number of anilines is 1. The molecule has 0 spiro atoms. The maximum absolute atomic E-state index is 11.5. The predicted octanol–water partition coefficient (Wildman–Crippen LogP) is 2.93. The van der Waals surface area contributed by atoms with Crippen LogP contribution in [-0.2, 0) is 7.05 Å². The summed E-state index contributed by atoms with van der Waals surface area (Å²) in [5.41, 5.74) is 10.3. The van der Waals surface area contributed by atoms with Crippen molar-refractivity contribution in [3.05, 3.63) is 53.9 Å². The normalized spacial score (nSPS) is 11.1. The molecular formula is C19H19N7O. The lowest BCUT2D eigenvalue weighted by Gasteiger charge is -2.07. The Labute approximate surface area is 155 Å². The summed E-state index contributed by atoms with van der Waals surface area (Å²) in [6.07, 6.45) is 1.77. The summed E-state index contributed by atoms with van der Waals surface area (Å²) in [5.74, 6) is 0.534. The van der Waals surface area contributed by atoms with Crippen molar-refractivity contribution in [3.63, 3.8) is 0 Å². The largest absolute Gasteiger partial charge is 0.351 e. The van der Waals surface area contributed by atoms with Crippen molar-refractivity contribution in [2.75, 3.05) is 5.32 Å². The molecule has 27 heavy (non-hydrogen) atoms. The number of primary amides is 1. The number of hydrogen-bond donors (Lipinski definition) is 2. The molecule has 4 rings (SSSR count). The fourth-order valence-corrected chi connectivity index (χ4v) is 3.23. The molecule has 0 saturated heterocycles. The number of nitrogens with two attached hydrogens (primary N) is 1. The Bertz CT molecular complexity index is 1160. The first-order valence-corrected chi connectivity index (χ1v) is 8.47. The van der Waals surface area contributed by atoms with Crippen LogP contribution in [0.5, 0.6) is 0 Å². The van der Waals surface area contributed by atoms with E-state index in [0.29, 0.717) is 5.82 Å². The Morgan fingerprint density at radius 2 is 1.89 bits per heavy atom. The molecule has 0 atom stereocenters. The van der Waals surface area contributed by atoms with E-state index in [2.05, 4.69) is 15.4 Å². The number of benzene rings is 1. The number of para-hydroxylation sites is 1. The molecule has 8 nitrogen and oxygen atoms in total. The third-order valence-corrected chi connectivity index (χ3v) is 4.50. The highest BCUT2D eigenvalue weighted by molar-refractivity contribution is 5.90. The molecular weight excluding hydrogens is 342 g/mol. The summed E-state index contributed by atoms with van der Waals surface area (Å²) in [7, 11) is 1.87. The summed E-state index contributed by atoms with van der Waals surface area (Å²) in [4.78, 5) is 16.0. The van der Waals surface area contributed by atoms with E-state index < -0.39 is 6.03 Å². The van der Waals surface area contributed by atoms with Gasteiger partial charge in [0, 0.05) is 29.8 Å². The topological polar surface area (TPSA) is 104 Å². The number of hydrogen-bond acceptors (Lipinski definition) is 4. The molecule has 3 heterocycles. The molecule has 0 bridgehead atoms. The zero-order chi connectivity index (χ0) is 19.1. The average Bonchev–Trinajstić information content (AvgIpc) is 3.12. The van der Waals surface area contributed by atoms with Crippen LogP contribution in [0.4, 0.5) is 10.6 Å². The summed E-state index contributed by atoms with van der Waals surface area (Å²) in [6, 6.07) is 10.9. The van der Waals surface area contributed by atoms with Gasteiger partial charge in [0.2, 0.25) is 0 Å². The van der Waals surface area contributed by atoms with Gasteiger partial charge in [-0.15, -0.1) is 0 Å². The molecule has 4 aromatic rings. The standard InChI is InChI=1S/C19H19N7O/c1-11-16(13-9-15-12(2)23-25(3)18(15)21-10-13)24-26(17(11)22-19(20)27)14-7-5-4-6-8-14/h4-10H,1-3H3,(H3,20,22,27). The minimum atomic E-state index is -0.640. The molecule has 0 aliphatic carbocycles. The van der Waals surface area contributed by atoms with Gasteiger partial charge < -0.3 is 5.73 Å². The highest BCUT2D eigenvalue weighted by atomic mass is 16.2. The van der Waals surface area contributed by atoms with Crippen LogP contribution >= 0.6 is 0 Å². The van der Waals surface area contributed by atoms with Gasteiger partial charge in [-0.25, -0.2) is 14.5 Å². The van der Waals surface area contributed by atoms with Crippen molar-refractivity contribution in [3.8, 4) is 16.9 Å². The minimum Gasteiger partial charge on any atom is -0.351 e. The van der Waals surface area contributed by atoms with Gasteiger partial charge in [0.15, 0.2) is 5.65 Å². The van der Waals surface area contributed by atoms with Crippen molar-refractivity contribution in [2.24, 2.45) is 12.8 Å². The molecule has 0 radical (unpaired) electrons. The summed E-state index contributed by atoms with van der Waals surface area (Å²) in [5, 5.41) is 12.8. The van der Waals surface area contributed by atoms with Gasteiger partial charge >= 0.3 is 6.03 Å². The SMILES string of the molecule is Cc1c(-c2cnc3c(c2)c(C)nn3C)nn(-c2ccccc2)c1NC(N)=O. The lowest BCUT2D eigenvalue weighted by molar-refractivity contribution is 0.259. The van der Waals surface area contributed by atoms with Crippen LogP contribution in [0.25, 0.3) is 28.0 Å². The molecule has 0 fully saturated rings. The monoisotopic (exact) mass is 361 g/mol. The molecule has 3 N–H and O–H groups in total. The van der Waals surface area contributed by atoms with Crippen LogP contribution in [0.1, 0.15) is 11.3 Å². The van der Waals surface area contributed by atoms with Crippen molar-refractivity contribution < 1.29 is 4.79 Å². The molecule has 0 aliphatic rings. The molecule has 2 amide bonds. The maximum atomic E-state index is 11.5. The minimum absolute atomic E-state index is 0.534. The van der Waals surface area contributed by atoms with Gasteiger partial charge in [0.05, 0.1) is 17.1 Å². The van der Waals surface area contributed by atoms with E-state index in [0.717, 1.165) is 39.2 Å². The second kappa shape index (κ2) is 6.24. The maximum Gasteiger partial charge on any atom is 0.317 e. The van der Waals surface area contributed by atoms with E-state index in [9.17, 15) is 4.79 Å². The van der Waals surface area contributed by atoms with E-state index in [1.54, 1.807) is 15.6 Å². The lowest BCUT2D eigenvalue weighted by Crippen LogP contribution is -2.21. The number of urea groups is 1. The first kappa shape index (κ1) is 16.8. The quantitative estimate of drug-likeness (QED) is 0.585. The Hall–Kier alpha value is -3.68. The third kappa shape index (κ3) is 2.80. The number of rotatable bonds is 3. The first-order valence-electron chi connectivity index (χ1n) is 8.47. The fraction of sp³-hybridized carbons (Fsp3) is 0.158. The van der Waals surface area contributed by atoms with E-state index in [-0.39, 0.29) is 0 Å². The number of pyridine rings is 1. The molecule has 0 unspecified atom stereocenters. The van der Waals surface area contributed by atoms with Gasteiger partial charge in [0.25, 0.3) is 0 Å². The molecule has 1 aromatic carbocycles. The van der Waals surface area contributed by atoms with E-state index >= 15 is 0 Å². The highest BCUT2D eigenvalue weighted by Crippen LogP contribution is 2.31. The predicted molar refractivity (Wildman–Crippen MR) is 104 cm³/mol. The lowest BCUT2D eigenvalue weighted by atomic mass is 10.1. The summed E-state index contributed by atoms with van der Waals surface area (Å²) < 4.78 is 3.43. The van der Waals surface area contributed by atoms with Crippen molar-refractivity contribution in [2.45, 2.75) is 13.8 Å². The fourth-order valence-electron chi connectivity index (χ4n) is 3.23. The number of aryl methyl sites for hydroxylation is 2.